The van der Waals surface area contributed by atoms with E-state index in [1.807, 2.05) is 23.7 Å². The van der Waals surface area contributed by atoms with Gasteiger partial charge in [0.05, 0.1) is 6.04 Å². The number of aromatic nitrogens is 1. The molecule has 1 atom stereocenters. The second-order valence-electron chi connectivity index (χ2n) is 4.84. The van der Waals surface area contributed by atoms with Crippen molar-refractivity contribution in [1.29, 1.82) is 0 Å². The van der Waals surface area contributed by atoms with Crippen molar-refractivity contribution in [3.05, 3.63) is 52.5 Å². The first kappa shape index (κ1) is 12.8. The molecule has 0 amide bonds. The van der Waals surface area contributed by atoms with Gasteiger partial charge in [-0.2, -0.15) is 0 Å². The molecular weight excluding hydrogens is 254 g/mol. The highest BCUT2D eigenvalue weighted by molar-refractivity contribution is 7.10. The van der Waals surface area contributed by atoms with Gasteiger partial charge < -0.3 is 5.32 Å². The minimum absolute atomic E-state index is 0.378. The van der Waals surface area contributed by atoms with Gasteiger partial charge in [0, 0.05) is 36.9 Å². The van der Waals surface area contributed by atoms with Gasteiger partial charge in [0.1, 0.15) is 0 Å². The Labute approximate surface area is 118 Å². The Bertz CT molecular complexity index is 475. The Kier molecular flexibility index (Phi) is 4.23. The van der Waals surface area contributed by atoms with E-state index < -0.39 is 0 Å². The molecule has 0 saturated carbocycles. The van der Waals surface area contributed by atoms with E-state index in [9.17, 15) is 0 Å². The van der Waals surface area contributed by atoms with E-state index in [1.54, 1.807) is 0 Å². The number of pyridine rings is 1. The topological polar surface area (TPSA) is 28.2 Å². The maximum atomic E-state index is 4.15. The van der Waals surface area contributed by atoms with Crippen LogP contribution >= 0.6 is 11.3 Å². The summed E-state index contributed by atoms with van der Waals surface area (Å²) in [6, 6.07) is 9.05. The number of hydrogen-bond donors (Lipinski definition) is 1. The van der Waals surface area contributed by atoms with Crippen molar-refractivity contribution >= 4 is 11.3 Å². The lowest BCUT2D eigenvalue weighted by molar-refractivity contribution is 0.244. The minimum Gasteiger partial charge on any atom is -0.315 e. The second-order valence-corrected chi connectivity index (χ2v) is 5.82. The molecule has 1 N–H and O–H groups in total. The van der Waals surface area contributed by atoms with E-state index in [-0.39, 0.29) is 0 Å². The summed E-state index contributed by atoms with van der Waals surface area (Å²) >= 11 is 1.84. The van der Waals surface area contributed by atoms with Crippen molar-refractivity contribution in [1.82, 2.24) is 15.2 Å². The molecule has 1 fully saturated rings. The number of nitrogens with zero attached hydrogens (tertiary/aromatic N) is 2. The molecule has 1 aliphatic rings. The Morgan fingerprint density at radius 2 is 2.05 bits per heavy atom. The molecule has 100 valence electrons. The average molecular weight is 273 g/mol. The van der Waals surface area contributed by atoms with Crippen molar-refractivity contribution in [2.75, 3.05) is 26.2 Å². The first-order valence-corrected chi connectivity index (χ1v) is 7.71. The van der Waals surface area contributed by atoms with Crippen LogP contribution in [0.25, 0.3) is 0 Å². The fraction of sp³-hybridized carbons (Fsp3) is 0.400. The summed E-state index contributed by atoms with van der Waals surface area (Å²) in [6.07, 6.45) is 5.00. The van der Waals surface area contributed by atoms with Gasteiger partial charge >= 0.3 is 0 Å². The van der Waals surface area contributed by atoms with E-state index >= 15 is 0 Å². The molecule has 1 saturated heterocycles. The first-order valence-electron chi connectivity index (χ1n) is 6.83. The standard InChI is InChI=1S/C15H19N3S/c1-3-14(19-12-1)15(13-4-7-17-8-5-13)18-10-2-6-16-9-11-18/h1,3-5,7-8,12,15-16H,2,6,9-11H2. The van der Waals surface area contributed by atoms with Crippen LogP contribution in [0.2, 0.25) is 0 Å². The van der Waals surface area contributed by atoms with Gasteiger partial charge in [0.2, 0.25) is 0 Å². The predicted molar refractivity (Wildman–Crippen MR) is 79.5 cm³/mol. The maximum Gasteiger partial charge on any atom is 0.0697 e. The molecule has 1 aliphatic heterocycles. The molecule has 3 nitrogen and oxygen atoms in total. The largest absolute Gasteiger partial charge is 0.315 e. The molecule has 3 rings (SSSR count). The molecule has 3 heterocycles. The summed E-state index contributed by atoms with van der Waals surface area (Å²) in [5.41, 5.74) is 1.35. The zero-order chi connectivity index (χ0) is 12.9. The van der Waals surface area contributed by atoms with Gasteiger partial charge in [-0.25, -0.2) is 0 Å². The van der Waals surface area contributed by atoms with Gasteiger partial charge in [-0.3, -0.25) is 9.88 Å². The van der Waals surface area contributed by atoms with Crippen LogP contribution in [-0.4, -0.2) is 36.1 Å². The summed E-state index contributed by atoms with van der Waals surface area (Å²) < 4.78 is 0. The van der Waals surface area contributed by atoms with Crippen molar-refractivity contribution in [3.63, 3.8) is 0 Å². The van der Waals surface area contributed by atoms with Crippen LogP contribution in [0.1, 0.15) is 22.9 Å². The highest BCUT2D eigenvalue weighted by atomic mass is 32.1. The quantitative estimate of drug-likeness (QED) is 0.931. The van der Waals surface area contributed by atoms with Gasteiger partial charge in [-0.15, -0.1) is 11.3 Å². The highest BCUT2D eigenvalue weighted by Crippen LogP contribution is 2.31. The van der Waals surface area contributed by atoms with Crippen LogP contribution in [0, 0.1) is 0 Å². The fourth-order valence-electron chi connectivity index (χ4n) is 2.67. The third-order valence-corrected chi connectivity index (χ3v) is 4.50. The molecule has 1 unspecified atom stereocenters. The Hall–Kier alpha value is -1.23. The van der Waals surface area contributed by atoms with E-state index in [0.717, 1.165) is 26.2 Å². The Morgan fingerprint density at radius 1 is 1.16 bits per heavy atom. The number of nitrogens with one attached hydrogen (secondary N) is 1. The SMILES string of the molecule is c1csc(C(c2ccncc2)N2CCCNCC2)c1. The van der Waals surface area contributed by atoms with Crippen molar-refractivity contribution in [2.45, 2.75) is 12.5 Å². The monoisotopic (exact) mass is 273 g/mol. The van der Waals surface area contributed by atoms with E-state index in [2.05, 4.69) is 44.8 Å². The van der Waals surface area contributed by atoms with Crippen LogP contribution in [-0.2, 0) is 0 Å². The number of hydrogen-bond acceptors (Lipinski definition) is 4. The fourth-order valence-corrected chi connectivity index (χ4v) is 3.56. The Morgan fingerprint density at radius 3 is 2.84 bits per heavy atom. The lowest BCUT2D eigenvalue weighted by Gasteiger charge is -2.30. The molecular formula is C15H19N3S. The molecule has 2 aromatic heterocycles. The normalized spacial score (nSPS) is 18.9. The van der Waals surface area contributed by atoms with Crippen molar-refractivity contribution < 1.29 is 0 Å². The van der Waals surface area contributed by atoms with Gasteiger partial charge in [-0.1, -0.05) is 6.07 Å². The summed E-state index contributed by atoms with van der Waals surface area (Å²) in [5.74, 6) is 0. The van der Waals surface area contributed by atoms with Crippen molar-refractivity contribution in [3.8, 4) is 0 Å². The van der Waals surface area contributed by atoms with E-state index in [0.29, 0.717) is 6.04 Å². The molecule has 0 aliphatic carbocycles. The first-order chi connectivity index (χ1) is 9.45. The summed E-state index contributed by atoms with van der Waals surface area (Å²) in [5, 5.41) is 5.64. The molecule has 0 bridgehead atoms. The zero-order valence-corrected chi connectivity index (χ0v) is 11.8. The van der Waals surface area contributed by atoms with Crippen molar-refractivity contribution in [2.24, 2.45) is 0 Å². The molecule has 4 heteroatoms. The predicted octanol–water partition coefficient (Wildman–Crippen LogP) is 2.53. The van der Waals surface area contributed by atoms with Crippen LogP contribution in [0.3, 0.4) is 0 Å². The molecule has 0 radical (unpaired) electrons. The van der Waals surface area contributed by atoms with Gasteiger partial charge in [0.25, 0.3) is 0 Å². The van der Waals surface area contributed by atoms with Crippen LogP contribution in [0.4, 0.5) is 0 Å². The Balaban J connectivity index is 1.92. The molecule has 0 spiro atoms. The van der Waals surface area contributed by atoms with Crippen LogP contribution in [0.15, 0.2) is 42.0 Å². The highest BCUT2D eigenvalue weighted by Gasteiger charge is 2.23. The molecule has 0 aromatic carbocycles. The van der Waals surface area contributed by atoms with Gasteiger partial charge in [-0.05, 0) is 42.1 Å². The second kappa shape index (κ2) is 6.28. The van der Waals surface area contributed by atoms with E-state index in [4.69, 9.17) is 0 Å². The lowest BCUT2D eigenvalue weighted by atomic mass is 10.0. The third-order valence-electron chi connectivity index (χ3n) is 3.57. The average Bonchev–Trinajstić information content (AvgIpc) is 2.84. The molecule has 2 aromatic rings. The van der Waals surface area contributed by atoms with Crippen LogP contribution in [0.5, 0.6) is 0 Å². The molecule has 19 heavy (non-hydrogen) atoms. The number of thiophene rings is 1. The summed E-state index contributed by atoms with van der Waals surface area (Å²) in [7, 11) is 0. The third kappa shape index (κ3) is 3.03. The zero-order valence-electron chi connectivity index (χ0n) is 11.0. The smallest absolute Gasteiger partial charge is 0.0697 e. The maximum absolute atomic E-state index is 4.15. The lowest BCUT2D eigenvalue weighted by Crippen LogP contribution is -2.32. The number of rotatable bonds is 3. The summed E-state index contributed by atoms with van der Waals surface area (Å²) in [4.78, 5) is 8.15. The minimum atomic E-state index is 0.378. The van der Waals surface area contributed by atoms with Gasteiger partial charge in [0.15, 0.2) is 0 Å². The van der Waals surface area contributed by atoms with Crippen LogP contribution < -0.4 is 5.32 Å². The van der Waals surface area contributed by atoms with E-state index in [1.165, 1.54) is 16.9 Å². The summed E-state index contributed by atoms with van der Waals surface area (Å²) in [6.45, 7) is 4.46.